The Kier molecular flexibility index (Phi) is 29.2. The number of allylic oxidation sites excluding steroid dienone is 4. The molecule has 0 radical (unpaired) electrons. The number of rotatable bonds is 33. The highest BCUT2D eigenvalue weighted by molar-refractivity contribution is 7.47. The Morgan fingerprint density at radius 2 is 1.10 bits per heavy atom. The van der Waals surface area contributed by atoms with Gasteiger partial charge in [-0.25, -0.2) is 4.57 Å². The van der Waals surface area contributed by atoms with Crippen molar-refractivity contribution in [2.75, 3.05) is 19.8 Å². The number of unbranched alkanes of at least 4 members (excludes halogenated alkanes) is 17. The van der Waals surface area contributed by atoms with Crippen LogP contribution in [0.3, 0.4) is 0 Å². The molecule has 0 aromatic carbocycles. The summed E-state index contributed by atoms with van der Waals surface area (Å²) >= 11 is 0. The summed E-state index contributed by atoms with van der Waals surface area (Å²) in [4.78, 5) is 23.0. The van der Waals surface area contributed by atoms with Crippen molar-refractivity contribution in [1.29, 1.82) is 0 Å². The van der Waals surface area contributed by atoms with Crippen LogP contribution in [-0.2, 0) is 27.9 Å². The van der Waals surface area contributed by atoms with E-state index >= 15 is 0 Å². The van der Waals surface area contributed by atoms with Crippen molar-refractivity contribution < 1.29 is 58.3 Å². The van der Waals surface area contributed by atoms with Crippen molar-refractivity contribution >= 4 is 13.8 Å². The van der Waals surface area contributed by atoms with Crippen molar-refractivity contribution in [1.82, 2.24) is 0 Å². The zero-order valence-corrected chi connectivity index (χ0v) is 33.0. The average Bonchev–Trinajstić information content (AvgIpc) is 3.12. The number of aliphatic hydroxyl groups is 5. The zero-order chi connectivity index (χ0) is 38.5. The predicted octanol–water partition coefficient (Wildman–Crippen LogP) is 6.97. The summed E-state index contributed by atoms with van der Waals surface area (Å²) in [5.74, 6) is -0.484. The molecule has 0 aromatic rings. The second kappa shape index (κ2) is 31.1. The molecular weight excluding hydrogens is 691 g/mol. The van der Waals surface area contributed by atoms with Crippen LogP contribution in [0, 0.1) is 0 Å². The first-order valence-electron chi connectivity index (χ1n) is 20.2. The number of hydrogen-bond donors (Lipinski definition) is 6. The van der Waals surface area contributed by atoms with Crippen molar-refractivity contribution in [3.63, 3.8) is 0 Å². The van der Waals surface area contributed by atoms with Crippen molar-refractivity contribution in [2.24, 2.45) is 0 Å². The molecule has 1 aliphatic rings. The average molecular weight is 765 g/mol. The molecule has 0 heterocycles. The fourth-order valence-electron chi connectivity index (χ4n) is 6.02. The van der Waals surface area contributed by atoms with Crippen LogP contribution < -0.4 is 0 Å². The maximum Gasteiger partial charge on any atom is 0.472 e. The van der Waals surface area contributed by atoms with Crippen LogP contribution in [-0.4, -0.2) is 98.9 Å². The summed E-state index contributed by atoms with van der Waals surface area (Å²) < 4.78 is 34.0. The molecule has 1 rings (SSSR count). The topological polar surface area (TPSA) is 192 Å². The number of phosphoric acid groups is 1. The van der Waals surface area contributed by atoms with Gasteiger partial charge in [-0.15, -0.1) is 0 Å². The van der Waals surface area contributed by atoms with E-state index in [1.54, 1.807) is 0 Å². The normalized spacial score (nSPS) is 24.1. The van der Waals surface area contributed by atoms with Gasteiger partial charge in [0, 0.05) is 13.0 Å². The summed E-state index contributed by atoms with van der Waals surface area (Å²) in [7, 11) is -5.01. The Morgan fingerprint density at radius 3 is 1.67 bits per heavy atom. The first kappa shape index (κ1) is 48.8. The maximum absolute atomic E-state index is 12.7. The minimum atomic E-state index is -5.01. The highest BCUT2D eigenvalue weighted by Crippen LogP contribution is 2.47. The molecule has 0 amide bonds. The monoisotopic (exact) mass is 764 g/mol. The highest BCUT2D eigenvalue weighted by Gasteiger charge is 2.51. The van der Waals surface area contributed by atoms with E-state index in [1.807, 2.05) is 0 Å². The molecule has 6 unspecified atom stereocenters. The van der Waals surface area contributed by atoms with Gasteiger partial charge in [-0.05, 0) is 38.5 Å². The SMILES string of the molecule is CCCC/C=C\C/C=C\CCCCCCCCOCC(COP(=O)(O)OC1C(O)C(O)C(O)C(O)C1O)OC(=O)CCCCCCCCCCCC. The lowest BCUT2D eigenvalue weighted by molar-refractivity contribution is -0.220. The van der Waals surface area contributed by atoms with E-state index in [4.69, 9.17) is 18.5 Å². The molecule has 1 saturated carbocycles. The number of ether oxygens (including phenoxy) is 2. The number of carbonyl (C=O) groups excluding carboxylic acids is 1. The van der Waals surface area contributed by atoms with Crippen molar-refractivity contribution in [3.05, 3.63) is 24.3 Å². The van der Waals surface area contributed by atoms with Gasteiger partial charge in [0.15, 0.2) is 0 Å². The molecule has 52 heavy (non-hydrogen) atoms. The minimum Gasteiger partial charge on any atom is -0.457 e. The zero-order valence-electron chi connectivity index (χ0n) is 32.1. The number of esters is 1. The van der Waals surface area contributed by atoms with E-state index in [1.165, 1.54) is 64.2 Å². The van der Waals surface area contributed by atoms with Crippen LogP contribution >= 0.6 is 7.82 Å². The van der Waals surface area contributed by atoms with E-state index in [9.17, 15) is 39.8 Å². The summed E-state index contributed by atoms with van der Waals surface area (Å²) in [6.07, 6.45) is 19.7. The van der Waals surface area contributed by atoms with Crippen molar-refractivity contribution in [2.45, 2.75) is 198 Å². The van der Waals surface area contributed by atoms with Gasteiger partial charge in [-0.1, -0.05) is 134 Å². The van der Waals surface area contributed by atoms with Crippen LogP contribution in [0.2, 0.25) is 0 Å². The fraction of sp³-hybridized carbons (Fsp3) is 0.872. The van der Waals surface area contributed by atoms with Gasteiger partial charge in [-0.3, -0.25) is 13.8 Å². The predicted molar refractivity (Wildman–Crippen MR) is 203 cm³/mol. The molecule has 0 bridgehead atoms. The first-order chi connectivity index (χ1) is 25.0. The second-order valence-electron chi connectivity index (χ2n) is 14.1. The summed E-state index contributed by atoms with van der Waals surface area (Å²) in [6, 6.07) is 0. The molecule has 12 nitrogen and oxygen atoms in total. The van der Waals surface area contributed by atoms with Gasteiger partial charge >= 0.3 is 13.8 Å². The molecule has 1 fully saturated rings. The van der Waals surface area contributed by atoms with Crippen LogP contribution in [0.1, 0.15) is 155 Å². The van der Waals surface area contributed by atoms with Gasteiger partial charge in [0.05, 0.1) is 13.2 Å². The van der Waals surface area contributed by atoms with E-state index < -0.39 is 63.1 Å². The Labute approximate surface area is 313 Å². The quantitative estimate of drug-likeness (QED) is 0.0174. The van der Waals surface area contributed by atoms with Gasteiger partial charge in [0.1, 0.15) is 42.7 Å². The summed E-state index contributed by atoms with van der Waals surface area (Å²) in [5.41, 5.74) is 0. The lowest BCUT2D eigenvalue weighted by atomic mass is 9.85. The van der Waals surface area contributed by atoms with Crippen LogP contribution in [0.4, 0.5) is 0 Å². The van der Waals surface area contributed by atoms with Crippen molar-refractivity contribution in [3.8, 4) is 0 Å². The fourth-order valence-corrected chi connectivity index (χ4v) is 6.99. The van der Waals surface area contributed by atoms with Gasteiger partial charge in [0.25, 0.3) is 0 Å². The lowest BCUT2D eigenvalue weighted by Crippen LogP contribution is -2.64. The van der Waals surface area contributed by atoms with E-state index in [0.29, 0.717) is 13.0 Å². The number of phosphoric ester groups is 1. The van der Waals surface area contributed by atoms with Gasteiger partial charge < -0.3 is 39.9 Å². The molecule has 306 valence electrons. The first-order valence-corrected chi connectivity index (χ1v) is 21.7. The lowest BCUT2D eigenvalue weighted by Gasteiger charge is -2.41. The van der Waals surface area contributed by atoms with Crippen LogP contribution in [0.25, 0.3) is 0 Å². The smallest absolute Gasteiger partial charge is 0.457 e. The third-order valence-corrected chi connectivity index (χ3v) is 10.3. The Morgan fingerprint density at radius 1 is 0.615 bits per heavy atom. The molecule has 0 aromatic heterocycles. The maximum atomic E-state index is 12.7. The standard InChI is InChI=1S/C39H73O12P/c1-3-5-7-9-11-13-15-16-17-18-19-21-23-25-27-29-48-30-32(50-33(40)28-26-24-22-20-14-12-10-8-6-4-2)31-49-52(46,47)51-39-37(44)35(42)34(41)36(43)38(39)45/h9,11,15-16,32,34-39,41-45H,3-8,10,12-14,17-31H2,1-2H3,(H,46,47)/b11-9-,16-15-. The molecule has 13 heteroatoms. The third-order valence-electron chi connectivity index (χ3n) is 9.33. The molecule has 0 aliphatic heterocycles. The molecule has 0 saturated heterocycles. The second-order valence-corrected chi connectivity index (χ2v) is 15.5. The molecular formula is C39H73O12P. The van der Waals surface area contributed by atoms with E-state index in [2.05, 4.69) is 38.2 Å². The van der Waals surface area contributed by atoms with E-state index in [0.717, 1.165) is 64.2 Å². The summed E-state index contributed by atoms with van der Waals surface area (Å²) in [5, 5.41) is 50.0. The number of hydrogen-bond acceptors (Lipinski definition) is 11. The largest absolute Gasteiger partial charge is 0.472 e. The third kappa shape index (κ3) is 23.6. The molecule has 0 spiro atoms. The Hall–Kier alpha value is -1.18. The van der Waals surface area contributed by atoms with Crippen LogP contribution in [0.15, 0.2) is 24.3 Å². The van der Waals surface area contributed by atoms with E-state index in [-0.39, 0.29) is 13.0 Å². The van der Waals surface area contributed by atoms with Gasteiger partial charge in [-0.2, -0.15) is 0 Å². The molecule has 6 atom stereocenters. The summed E-state index contributed by atoms with van der Waals surface area (Å²) in [6.45, 7) is 4.16. The molecule has 1 aliphatic carbocycles. The number of carbonyl (C=O) groups is 1. The molecule has 6 N–H and O–H groups in total. The Balaban J connectivity index is 2.45. The van der Waals surface area contributed by atoms with Crippen LogP contribution in [0.5, 0.6) is 0 Å². The van der Waals surface area contributed by atoms with Gasteiger partial charge in [0.2, 0.25) is 0 Å². The highest BCUT2D eigenvalue weighted by atomic mass is 31.2. The number of aliphatic hydroxyl groups excluding tert-OH is 5. The minimum absolute atomic E-state index is 0.0812. The Bertz CT molecular complexity index is 963.